The third-order valence-corrected chi connectivity index (χ3v) is 3.71. The zero-order valence-electron chi connectivity index (χ0n) is 14.8. The van der Waals surface area contributed by atoms with Crippen LogP contribution in [0.3, 0.4) is 0 Å². The Labute approximate surface area is 144 Å². The molecule has 0 heterocycles. The molecule has 4 nitrogen and oxygen atoms in total. The summed E-state index contributed by atoms with van der Waals surface area (Å²) in [4.78, 5) is 0. The van der Waals surface area contributed by atoms with Gasteiger partial charge in [-0.15, -0.1) is 0 Å². The minimum atomic E-state index is -0.298. The molecule has 2 aromatic carbocycles. The Bertz CT molecular complexity index is 623. The molecule has 2 rings (SSSR count). The molecule has 0 aliphatic rings. The molecule has 0 bridgehead atoms. The van der Waals surface area contributed by atoms with Gasteiger partial charge in [0.2, 0.25) is 0 Å². The number of benzene rings is 2. The van der Waals surface area contributed by atoms with E-state index >= 15 is 0 Å². The number of hydrogen-bond donors (Lipinski definition) is 2. The average molecular weight is 330 g/mol. The molecule has 0 amide bonds. The molecule has 0 saturated carbocycles. The molecule has 0 saturated heterocycles. The summed E-state index contributed by atoms with van der Waals surface area (Å²) in [5, 5.41) is 11.4. The number of aliphatic hydroxyl groups excluding tert-OH is 1. The van der Waals surface area contributed by atoms with Gasteiger partial charge in [0, 0.05) is 5.56 Å². The molecule has 3 N–H and O–H groups in total. The van der Waals surface area contributed by atoms with Crippen LogP contribution in [0.2, 0.25) is 0 Å². The number of quaternary nitrogens is 1. The van der Waals surface area contributed by atoms with Crippen LogP contribution in [0.1, 0.15) is 30.5 Å². The highest BCUT2D eigenvalue weighted by molar-refractivity contribution is 5.43. The van der Waals surface area contributed by atoms with E-state index in [4.69, 9.17) is 9.47 Å². The third kappa shape index (κ3) is 5.87. The summed E-state index contributed by atoms with van der Waals surface area (Å²) in [5.74, 6) is 1.53. The maximum Gasteiger partial charge on any atom is 0.161 e. The van der Waals surface area contributed by atoms with E-state index in [0.29, 0.717) is 19.8 Å². The van der Waals surface area contributed by atoms with Gasteiger partial charge in [0.25, 0.3) is 0 Å². The topological polar surface area (TPSA) is 55.3 Å². The lowest BCUT2D eigenvalue weighted by Crippen LogP contribution is -2.84. The second-order valence-corrected chi connectivity index (χ2v) is 6.07. The first-order valence-corrected chi connectivity index (χ1v) is 8.52. The van der Waals surface area contributed by atoms with E-state index in [0.717, 1.165) is 29.2 Å². The van der Waals surface area contributed by atoms with E-state index in [1.165, 1.54) is 5.56 Å². The SMILES string of the molecule is CCOc1cc(C[NH2+]C[C@H](C)O)ccc1OCc1ccc(C)cc1. The smallest absolute Gasteiger partial charge is 0.161 e. The van der Waals surface area contributed by atoms with Crippen LogP contribution in [0, 0.1) is 6.92 Å². The first-order valence-electron chi connectivity index (χ1n) is 8.52. The van der Waals surface area contributed by atoms with Crippen molar-refractivity contribution in [3.05, 3.63) is 59.2 Å². The van der Waals surface area contributed by atoms with Crippen LogP contribution in [0.15, 0.2) is 42.5 Å². The average Bonchev–Trinajstić information content (AvgIpc) is 2.55. The number of rotatable bonds is 9. The molecule has 0 aliphatic carbocycles. The van der Waals surface area contributed by atoms with Gasteiger partial charge in [0.15, 0.2) is 11.5 Å². The van der Waals surface area contributed by atoms with Gasteiger partial charge in [0.05, 0.1) is 12.7 Å². The minimum absolute atomic E-state index is 0.298. The van der Waals surface area contributed by atoms with Crippen LogP contribution >= 0.6 is 0 Å². The number of aryl methyl sites for hydroxylation is 1. The van der Waals surface area contributed by atoms with Crippen LogP contribution in [-0.2, 0) is 13.2 Å². The van der Waals surface area contributed by atoms with Gasteiger partial charge in [-0.25, -0.2) is 0 Å². The van der Waals surface area contributed by atoms with Crippen molar-refractivity contribution in [2.75, 3.05) is 13.2 Å². The van der Waals surface area contributed by atoms with Crippen molar-refractivity contribution < 1.29 is 19.9 Å². The van der Waals surface area contributed by atoms with E-state index in [-0.39, 0.29) is 6.10 Å². The van der Waals surface area contributed by atoms with E-state index in [1.54, 1.807) is 6.92 Å². The predicted octanol–water partition coefficient (Wildman–Crippen LogP) is 2.42. The lowest BCUT2D eigenvalue weighted by Gasteiger charge is -2.13. The van der Waals surface area contributed by atoms with Crippen molar-refractivity contribution in [3.63, 3.8) is 0 Å². The summed E-state index contributed by atoms with van der Waals surface area (Å²) >= 11 is 0. The Hall–Kier alpha value is -2.04. The first-order chi connectivity index (χ1) is 11.6. The highest BCUT2D eigenvalue weighted by atomic mass is 16.5. The van der Waals surface area contributed by atoms with Crippen LogP contribution in [0.4, 0.5) is 0 Å². The van der Waals surface area contributed by atoms with Crippen LogP contribution in [-0.4, -0.2) is 24.4 Å². The van der Waals surface area contributed by atoms with E-state index < -0.39 is 0 Å². The summed E-state index contributed by atoms with van der Waals surface area (Å²) in [5.41, 5.74) is 3.53. The van der Waals surface area contributed by atoms with Crippen LogP contribution < -0.4 is 14.8 Å². The number of hydrogen-bond acceptors (Lipinski definition) is 3. The van der Waals surface area contributed by atoms with Gasteiger partial charge in [-0.1, -0.05) is 29.8 Å². The second kappa shape index (κ2) is 9.30. The molecule has 0 aliphatic heterocycles. The fourth-order valence-electron chi connectivity index (χ4n) is 2.40. The summed E-state index contributed by atoms with van der Waals surface area (Å²) in [6.45, 7) is 8.46. The van der Waals surface area contributed by atoms with E-state index in [2.05, 4.69) is 36.5 Å². The molecule has 0 fully saturated rings. The summed E-state index contributed by atoms with van der Waals surface area (Å²) in [6.07, 6.45) is -0.298. The largest absolute Gasteiger partial charge is 0.490 e. The summed E-state index contributed by atoms with van der Waals surface area (Å²) in [7, 11) is 0. The highest BCUT2D eigenvalue weighted by Crippen LogP contribution is 2.29. The molecule has 0 unspecified atom stereocenters. The predicted molar refractivity (Wildman–Crippen MR) is 95.3 cm³/mol. The number of aliphatic hydroxyl groups is 1. The summed E-state index contributed by atoms with van der Waals surface area (Å²) in [6, 6.07) is 14.4. The van der Waals surface area contributed by atoms with Gasteiger partial charge in [-0.3, -0.25) is 0 Å². The monoisotopic (exact) mass is 330 g/mol. The molecule has 0 radical (unpaired) electrons. The second-order valence-electron chi connectivity index (χ2n) is 6.07. The molecule has 130 valence electrons. The zero-order chi connectivity index (χ0) is 17.4. The zero-order valence-corrected chi connectivity index (χ0v) is 14.8. The van der Waals surface area contributed by atoms with Gasteiger partial charge in [-0.05, 0) is 44.5 Å². The molecule has 0 aromatic heterocycles. The van der Waals surface area contributed by atoms with Crippen molar-refractivity contribution in [1.82, 2.24) is 0 Å². The third-order valence-electron chi connectivity index (χ3n) is 3.71. The quantitative estimate of drug-likeness (QED) is 0.742. The van der Waals surface area contributed by atoms with Crippen molar-refractivity contribution in [1.29, 1.82) is 0 Å². The maximum absolute atomic E-state index is 9.33. The molecule has 1 atom stereocenters. The molecule has 24 heavy (non-hydrogen) atoms. The van der Waals surface area contributed by atoms with Crippen LogP contribution in [0.25, 0.3) is 0 Å². The van der Waals surface area contributed by atoms with Crippen LogP contribution in [0.5, 0.6) is 11.5 Å². The van der Waals surface area contributed by atoms with Crippen molar-refractivity contribution in [3.8, 4) is 11.5 Å². The first kappa shape index (κ1) is 18.3. The van der Waals surface area contributed by atoms with Crippen molar-refractivity contribution in [2.24, 2.45) is 0 Å². The van der Waals surface area contributed by atoms with E-state index in [9.17, 15) is 5.11 Å². The van der Waals surface area contributed by atoms with E-state index in [1.807, 2.05) is 25.1 Å². The normalized spacial score (nSPS) is 12.0. The Morgan fingerprint density at radius 3 is 2.38 bits per heavy atom. The molecule has 2 aromatic rings. The van der Waals surface area contributed by atoms with Crippen molar-refractivity contribution >= 4 is 0 Å². The Morgan fingerprint density at radius 1 is 1.00 bits per heavy atom. The molecule has 4 heteroatoms. The fraction of sp³-hybridized carbons (Fsp3) is 0.400. The Kier molecular flexibility index (Phi) is 7.09. The lowest BCUT2D eigenvalue weighted by molar-refractivity contribution is -0.676. The van der Waals surface area contributed by atoms with Gasteiger partial charge >= 0.3 is 0 Å². The Morgan fingerprint density at radius 2 is 1.71 bits per heavy atom. The number of ether oxygens (including phenoxy) is 2. The molecule has 0 spiro atoms. The van der Waals surface area contributed by atoms with Gasteiger partial charge in [-0.2, -0.15) is 0 Å². The minimum Gasteiger partial charge on any atom is -0.490 e. The summed E-state index contributed by atoms with van der Waals surface area (Å²) < 4.78 is 11.7. The van der Waals surface area contributed by atoms with Gasteiger partial charge in [0.1, 0.15) is 19.7 Å². The number of nitrogens with two attached hydrogens (primary N) is 1. The Balaban J connectivity index is 2.01. The molecular formula is C20H28NO3+. The lowest BCUT2D eigenvalue weighted by atomic mass is 10.1. The van der Waals surface area contributed by atoms with Crippen molar-refractivity contribution in [2.45, 2.75) is 40.0 Å². The maximum atomic E-state index is 9.33. The fourth-order valence-corrected chi connectivity index (χ4v) is 2.40. The standard InChI is InChI=1S/C20H27NO3/c1-4-23-20-11-18(13-21-12-16(3)22)9-10-19(20)24-14-17-7-5-15(2)6-8-17/h5-11,16,21-22H,4,12-14H2,1-3H3/p+1/t16-/m0/s1. The highest BCUT2D eigenvalue weighted by Gasteiger charge is 2.08. The van der Waals surface area contributed by atoms with Gasteiger partial charge < -0.3 is 19.9 Å². The molecular weight excluding hydrogens is 302 g/mol.